The van der Waals surface area contributed by atoms with Crippen molar-refractivity contribution in [2.75, 3.05) is 10.6 Å². The molecule has 0 saturated heterocycles. The number of hydrogen-bond acceptors (Lipinski definition) is 6. The number of thiophene rings is 2. The van der Waals surface area contributed by atoms with Gasteiger partial charge in [-0.2, -0.15) is 0 Å². The van der Waals surface area contributed by atoms with E-state index in [1.807, 2.05) is 0 Å². The van der Waals surface area contributed by atoms with Gasteiger partial charge in [-0.25, -0.2) is 0 Å². The molecule has 126 valence electrons. The van der Waals surface area contributed by atoms with Crippen LogP contribution >= 0.6 is 22.7 Å². The van der Waals surface area contributed by atoms with Gasteiger partial charge in [-0.1, -0.05) is 12.1 Å². The lowest BCUT2D eigenvalue weighted by molar-refractivity contribution is -0.255. The summed E-state index contributed by atoms with van der Waals surface area (Å²) in [6, 6.07) is 10.8. The van der Waals surface area contributed by atoms with Gasteiger partial charge in [0.2, 0.25) is 0 Å². The fourth-order valence-corrected chi connectivity index (χ4v) is 3.33. The second-order valence-electron chi connectivity index (χ2n) is 4.95. The number of amides is 2. The lowest BCUT2D eigenvalue weighted by atomic mass is 10.1. The van der Waals surface area contributed by atoms with Crippen LogP contribution in [0, 0.1) is 0 Å². The summed E-state index contributed by atoms with van der Waals surface area (Å²) in [7, 11) is 0. The van der Waals surface area contributed by atoms with E-state index >= 15 is 0 Å². The van der Waals surface area contributed by atoms with E-state index < -0.39 is 5.97 Å². The first kappa shape index (κ1) is 16.9. The van der Waals surface area contributed by atoms with E-state index in [-0.39, 0.29) is 28.8 Å². The SMILES string of the molecule is O=C([O-])c1cc(NC(=O)c2cccs2)cc(NC(=O)c2cccs2)c1. The van der Waals surface area contributed by atoms with Crippen LogP contribution in [0.15, 0.2) is 53.2 Å². The standard InChI is InChI=1S/C17H12N2O4S2/c20-15(13-3-1-5-24-13)18-11-7-10(17(22)23)8-12(9-11)19-16(21)14-4-2-6-25-14/h1-9H,(H,18,20)(H,19,21)(H,22,23)/p-1. The average molecular weight is 371 g/mol. The number of carbonyl (C=O) groups excluding carboxylic acids is 3. The highest BCUT2D eigenvalue weighted by Gasteiger charge is 2.11. The molecule has 0 atom stereocenters. The third-order valence-electron chi connectivity index (χ3n) is 3.17. The fourth-order valence-electron chi connectivity index (χ4n) is 2.09. The van der Waals surface area contributed by atoms with Gasteiger partial charge in [0.25, 0.3) is 11.8 Å². The van der Waals surface area contributed by atoms with Crippen LogP contribution in [-0.4, -0.2) is 17.8 Å². The molecule has 8 heteroatoms. The first-order chi connectivity index (χ1) is 12.0. The number of hydrogen-bond donors (Lipinski definition) is 2. The van der Waals surface area contributed by atoms with E-state index in [9.17, 15) is 19.5 Å². The maximum Gasteiger partial charge on any atom is 0.265 e. The maximum atomic E-state index is 12.1. The third kappa shape index (κ3) is 4.11. The highest BCUT2D eigenvalue weighted by atomic mass is 32.1. The van der Waals surface area contributed by atoms with Crippen LogP contribution in [-0.2, 0) is 0 Å². The molecule has 0 unspecified atom stereocenters. The zero-order valence-corrected chi connectivity index (χ0v) is 14.3. The Morgan fingerprint density at radius 3 is 1.64 bits per heavy atom. The molecule has 25 heavy (non-hydrogen) atoms. The van der Waals surface area contributed by atoms with Crippen molar-refractivity contribution in [2.24, 2.45) is 0 Å². The van der Waals surface area contributed by atoms with Gasteiger partial charge in [-0.3, -0.25) is 9.59 Å². The topological polar surface area (TPSA) is 98.3 Å². The summed E-state index contributed by atoms with van der Waals surface area (Å²) in [5.41, 5.74) is 0.355. The molecule has 2 heterocycles. The Bertz CT molecular complexity index is 852. The average Bonchev–Trinajstić information content (AvgIpc) is 3.28. The van der Waals surface area contributed by atoms with Gasteiger partial charge in [0, 0.05) is 16.9 Å². The third-order valence-corrected chi connectivity index (χ3v) is 4.91. The van der Waals surface area contributed by atoms with Crippen molar-refractivity contribution in [1.29, 1.82) is 0 Å². The molecule has 3 rings (SSSR count). The molecule has 0 aliphatic rings. The Morgan fingerprint density at radius 1 is 0.800 bits per heavy atom. The highest BCUT2D eigenvalue weighted by Crippen LogP contribution is 2.22. The molecule has 0 spiro atoms. The van der Waals surface area contributed by atoms with Gasteiger partial charge in [0.1, 0.15) is 0 Å². The van der Waals surface area contributed by atoms with E-state index in [2.05, 4.69) is 10.6 Å². The van der Waals surface area contributed by atoms with Gasteiger partial charge in [0.15, 0.2) is 0 Å². The normalized spacial score (nSPS) is 10.2. The fraction of sp³-hybridized carbons (Fsp3) is 0. The molecule has 0 aliphatic carbocycles. The van der Waals surface area contributed by atoms with Crippen LogP contribution in [0.1, 0.15) is 29.7 Å². The Kier molecular flexibility index (Phi) is 4.92. The van der Waals surface area contributed by atoms with Gasteiger partial charge < -0.3 is 20.5 Å². The molecule has 6 nitrogen and oxygen atoms in total. The minimum absolute atomic E-state index is 0.148. The molecule has 0 fully saturated rings. The van der Waals surface area contributed by atoms with Crippen molar-refractivity contribution in [2.45, 2.75) is 0 Å². The lowest BCUT2D eigenvalue weighted by Gasteiger charge is -2.12. The molecule has 3 aromatic rings. The summed E-state index contributed by atoms with van der Waals surface area (Å²) in [4.78, 5) is 36.4. The monoisotopic (exact) mass is 371 g/mol. The van der Waals surface area contributed by atoms with Crippen LogP contribution in [0.5, 0.6) is 0 Å². The molecule has 0 saturated carbocycles. The number of aromatic carboxylic acids is 1. The summed E-state index contributed by atoms with van der Waals surface area (Å²) in [5, 5.41) is 20.0. The molecular weight excluding hydrogens is 360 g/mol. The summed E-state index contributed by atoms with van der Waals surface area (Å²) < 4.78 is 0. The zero-order chi connectivity index (χ0) is 17.8. The predicted octanol–water partition coefficient (Wildman–Crippen LogP) is 2.68. The van der Waals surface area contributed by atoms with Crippen molar-refractivity contribution >= 4 is 51.8 Å². The first-order valence-corrected chi connectivity index (χ1v) is 8.85. The molecule has 0 radical (unpaired) electrons. The number of carboxylic acid groups (broad SMARTS) is 1. The Hall–Kier alpha value is -2.97. The number of carboxylic acids is 1. The van der Waals surface area contributed by atoms with Gasteiger partial charge >= 0.3 is 0 Å². The van der Waals surface area contributed by atoms with E-state index in [0.29, 0.717) is 9.75 Å². The molecule has 2 aromatic heterocycles. The highest BCUT2D eigenvalue weighted by molar-refractivity contribution is 7.12. The summed E-state index contributed by atoms with van der Waals surface area (Å²) in [6.07, 6.45) is 0. The smallest absolute Gasteiger partial charge is 0.265 e. The van der Waals surface area contributed by atoms with Crippen molar-refractivity contribution in [3.05, 3.63) is 68.5 Å². The van der Waals surface area contributed by atoms with E-state index in [1.165, 1.54) is 40.9 Å². The molecular formula is C17H11N2O4S2-. The van der Waals surface area contributed by atoms with Crippen molar-refractivity contribution in [1.82, 2.24) is 0 Å². The van der Waals surface area contributed by atoms with Crippen LogP contribution in [0.25, 0.3) is 0 Å². The number of nitrogens with one attached hydrogen (secondary N) is 2. The Morgan fingerprint density at radius 2 is 1.28 bits per heavy atom. The van der Waals surface area contributed by atoms with Crippen LogP contribution in [0.2, 0.25) is 0 Å². The number of anilines is 2. The quantitative estimate of drug-likeness (QED) is 0.720. The summed E-state index contributed by atoms with van der Waals surface area (Å²) in [6.45, 7) is 0. The van der Waals surface area contributed by atoms with Crippen LogP contribution < -0.4 is 15.7 Å². The molecule has 2 amide bonds. The second-order valence-corrected chi connectivity index (χ2v) is 6.84. The van der Waals surface area contributed by atoms with Gasteiger partial charge in [-0.05, 0) is 41.1 Å². The van der Waals surface area contributed by atoms with Crippen molar-refractivity contribution in [3.8, 4) is 0 Å². The van der Waals surface area contributed by atoms with Gasteiger partial charge in [0.05, 0.1) is 15.7 Å². The zero-order valence-electron chi connectivity index (χ0n) is 12.6. The van der Waals surface area contributed by atoms with E-state index in [1.54, 1.807) is 35.0 Å². The summed E-state index contributed by atoms with van der Waals surface area (Å²) >= 11 is 2.53. The van der Waals surface area contributed by atoms with Crippen LogP contribution in [0.3, 0.4) is 0 Å². The predicted molar refractivity (Wildman–Crippen MR) is 95.3 cm³/mol. The second kappa shape index (κ2) is 7.29. The minimum atomic E-state index is -1.40. The largest absolute Gasteiger partial charge is 0.545 e. The van der Waals surface area contributed by atoms with E-state index in [4.69, 9.17) is 0 Å². The number of rotatable bonds is 5. The Labute approximate surface area is 150 Å². The molecule has 2 N–H and O–H groups in total. The van der Waals surface area contributed by atoms with Crippen molar-refractivity contribution < 1.29 is 19.5 Å². The van der Waals surface area contributed by atoms with E-state index in [0.717, 1.165) is 0 Å². The lowest BCUT2D eigenvalue weighted by Crippen LogP contribution is -2.23. The first-order valence-electron chi connectivity index (χ1n) is 7.09. The molecule has 0 bridgehead atoms. The van der Waals surface area contributed by atoms with Gasteiger partial charge in [-0.15, -0.1) is 22.7 Å². The van der Waals surface area contributed by atoms with Crippen LogP contribution in [0.4, 0.5) is 11.4 Å². The number of benzene rings is 1. The molecule has 0 aliphatic heterocycles. The Balaban J connectivity index is 1.85. The minimum Gasteiger partial charge on any atom is -0.545 e. The summed E-state index contributed by atoms with van der Waals surface area (Å²) in [5.74, 6) is -2.12. The van der Waals surface area contributed by atoms with Crippen molar-refractivity contribution in [3.63, 3.8) is 0 Å². The number of carbonyl (C=O) groups is 3. The molecule has 1 aromatic carbocycles. The maximum absolute atomic E-state index is 12.1.